The number of sulfonamides is 1. The highest BCUT2D eigenvalue weighted by Crippen LogP contribution is 2.27. The first-order valence-electron chi connectivity index (χ1n) is 5.91. The van der Waals surface area contributed by atoms with Gasteiger partial charge < -0.3 is 5.73 Å². The van der Waals surface area contributed by atoms with Gasteiger partial charge in [0.2, 0.25) is 10.0 Å². The van der Waals surface area contributed by atoms with Crippen molar-refractivity contribution in [3.05, 3.63) is 0 Å². The quantitative estimate of drug-likeness (QED) is 0.798. The first-order chi connectivity index (χ1) is 7.16. The molecule has 1 heterocycles. The van der Waals surface area contributed by atoms with Crippen LogP contribution in [-0.2, 0) is 10.0 Å². The third-order valence-electron chi connectivity index (χ3n) is 3.36. The third-order valence-corrected chi connectivity index (χ3v) is 5.95. The van der Waals surface area contributed by atoms with Gasteiger partial charge in [-0.3, -0.25) is 0 Å². The lowest BCUT2D eigenvalue weighted by Crippen LogP contribution is -2.48. The highest BCUT2D eigenvalue weighted by atomic mass is 32.2. The SMILES string of the molecule is CC(N)C1CCN(S(=O)(=O)C(C)(C)C)CC1. The van der Waals surface area contributed by atoms with E-state index in [9.17, 15) is 8.42 Å². The number of piperidine rings is 1. The molecule has 1 saturated heterocycles. The standard InChI is InChI=1S/C11H24N2O2S/c1-9(12)10-5-7-13(8-6-10)16(14,15)11(2,3)4/h9-10H,5-8,12H2,1-4H3. The monoisotopic (exact) mass is 248 g/mol. The zero-order valence-corrected chi connectivity index (χ0v) is 11.5. The summed E-state index contributed by atoms with van der Waals surface area (Å²) in [6.07, 6.45) is 1.76. The van der Waals surface area contributed by atoms with E-state index >= 15 is 0 Å². The van der Waals surface area contributed by atoms with E-state index in [-0.39, 0.29) is 6.04 Å². The second-order valence-corrected chi connectivity index (χ2v) is 8.40. The maximum atomic E-state index is 12.2. The van der Waals surface area contributed by atoms with Crippen molar-refractivity contribution < 1.29 is 8.42 Å². The summed E-state index contributed by atoms with van der Waals surface area (Å²) in [5.41, 5.74) is 5.84. The molecule has 16 heavy (non-hydrogen) atoms. The fourth-order valence-corrected chi connectivity index (χ4v) is 3.50. The van der Waals surface area contributed by atoms with Crippen LogP contribution in [0.4, 0.5) is 0 Å². The lowest BCUT2D eigenvalue weighted by atomic mass is 9.92. The van der Waals surface area contributed by atoms with Crippen molar-refractivity contribution in [2.45, 2.75) is 51.3 Å². The Labute approximate surface area is 99.2 Å². The summed E-state index contributed by atoms with van der Waals surface area (Å²) >= 11 is 0. The minimum Gasteiger partial charge on any atom is -0.328 e. The van der Waals surface area contributed by atoms with Crippen LogP contribution in [0.25, 0.3) is 0 Å². The van der Waals surface area contributed by atoms with Gasteiger partial charge in [0.1, 0.15) is 0 Å². The molecule has 96 valence electrons. The van der Waals surface area contributed by atoms with Crippen LogP contribution in [0, 0.1) is 5.92 Å². The molecule has 1 aliphatic rings. The van der Waals surface area contributed by atoms with Crippen molar-refractivity contribution in [3.8, 4) is 0 Å². The van der Waals surface area contributed by atoms with Crippen molar-refractivity contribution in [2.24, 2.45) is 11.7 Å². The molecule has 0 bridgehead atoms. The fourth-order valence-electron chi connectivity index (χ4n) is 2.03. The summed E-state index contributed by atoms with van der Waals surface area (Å²) in [4.78, 5) is 0. The van der Waals surface area contributed by atoms with Gasteiger partial charge in [-0.05, 0) is 46.5 Å². The first kappa shape index (κ1) is 13.9. The number of nitrogens with two attached hydrogens (primary N) is 1. The van der Waals surface area contributed by atoms with E-state index in [0.717, 1.165) is 12.8 Å². The fraction of sp³-hybridized carbons (Fsp3) is 1.00. The Morgan fingerprint density at radius 1 is 1.25 bits per heavy atom. The van der Waals surface area contributed by atoms with Gasteiger partial charge in [-0.15, -0.1) is 0 Å². The molecule has 5 heteroatoms. The molecule has 0 saturated carbocycles. The number of hydrogen-bond acceptors (Lipinski definition) is 3. The van der Waals surface area contributed by atoms with Gasteiger partial charge in [0.25, 0.3) is 0 Å². The van der Waals surface area contributed by atoms with E-state index in [4.69, 9.17) is 5.73 Å². The van der Waals surface area contributed by atoms with Crippen LogP contribution in [0.15, 0.2) is 0 Å². The van der Waals surface area contributed by atoms with E-state index in [1.54, 1.807) is 25.1 Å². The van der Waals surface area contributed by atoms with Crippen molar-refractivity contribution in [1.82, 2.24) is 4.31 Å². The molecule has 1 aliphatic heterocycles. The first-order valence-corrected chi connectivity index (χ1v) is 7.35. The Bertz CT molecular complexity index is 322. The zero-order valence-electron chi connectivity index (χ0n) is 10.7. The Kier molecular flexibility index (Phi) is 4.03. The van der Waals surface area contributed by atoms with Crippen LogP contribution in [0.1, 0.15) is 40.5 Å². The minimum atomic E-state index is -3.16. The summed E-state index contributed by atoms with van der Waals surface area (Å²) in [6.45, 7) is 8.48. The zero-order chi connectivity index (χ0) is 12.6. The van der Waals surface area contributed by atoms with Crippen molar-refractivity contribution in [1.29, 1.82) is 0 Å². The van der Waals surface area contributed by atoms with E-state index in [0.29, 0.717) is 19.0 Å². The summed E-state index contributed by atoms with van der Waals surface area (Å²) < 4.78 is 25.3. The molecule has 1 unspecified atom stereocenters. The van der Waals surface area contributed by atoms with Crippen LogP contribution >= 0.6 is 0 Å². The largest absolute Gasteiger partial charge is 0.328 e. The maximum absolute atomic E-state index is 12.2. The van der Waals surface area contributed by atoms with E-state index in [1.807, 2.05) is 6.92 Å². The van der Waals surface area contributed by atoms with Crippen LogP contribution < -0.4 is 5.73 Å². The molecule has 0 aromatic rings. The average Bonchev–Trinajstić information content (AvgIpc) is 2.16. The molecule has 0 aromatic heterocycles. The van der Waals surface area contributed by atoms with Gasteiger partial charge in [-0.1, -0.05) is 0 Å². The minimum absolute atomic E-state index is 0.166. The molecule has 2 N–H and O–H groups in total. The van der Waals surface area contributed by atoms with Crippen LogP contribution in [0.5, 0.6) is 0 Å². The summed E-state index contributed by atoms with van der Waals surface area (Å²) in [6, 6.07) is 0.166. The highest BCUT2D eigenvalue weighted by Gasteiger charge is 2.37. The molecule has 0 aliphatic carbocycles. The number of nitrogens with zero attached hydrogens (tertiary/aromatic N) is 1. The third kappa shape index (κ3) is 2.76. The smallest absolute Gasteiger partial charge is 0.219 e. The van der Waals surface area contributed by atoms with E-state index in [1.165, 1.54) is 0 Å². The highest BCUT2D eigenvalue weighted by molar-refractivity contribution is 7.90. The van der Waals surface area contributed by atoms with E-state index in [2.05, 4.69) is 0 Å². The Hall–Kier alpha value is -0.130. The molecule has 1 rings (SSSR count). The van der Waals surface area contributed by atoms with Crippen LogP contribution in [0.2, 0.25) is 0 Å². The van der Waals surface area contributed by atoms with Gasteiger partial charge in [-0.25, -0.2) is 12.7 Å². The molecular formula is C11H24N2O2S. The van der Waals surface area contributed by atoms with Crippen LogP contribution in [-0.4, -0.2) is 36.6 Å². The van der Waals surface area contributed by atoms with Crippen molar-refractivity contribution >= 4 is 10.0 Å². The molecule has 0 aromatic carbocycles. The summed E-state index contributed by atoms with van der Waals surface area (Å²) in [5, 5.41) is 0. The topological polar surface area (TPSA) is 63.4 Å². The maximum Gasteiger partial charge on any atom is 0.219 e. The van der Waals surface area contributed by atoms with Gasteiger partial charge in [-0.2, -0.15) is 0 Å². The van der Waals surface area contributed by atoms with Gasteiger partial charge in [0.05, 0.1) is 4.75 Å². The molecule has 0 amide bonds. The summed E-state index contributed by atoms with van der Waals surface area (Å²) in [7, 11) is -3.16. The molecule has 4 nitrogen and oxygen atoms in total. The Morgan fingerprint density at radius 3 is 2.00 bits per heavy atom. The normalized spacial score (nSPS) is 23.3. The van der Waals surface area contributed by atoms with Crippen LogP contribution in [0.3, 0.4) is 0 Å². The Balaban J connectivity index is 2.68. The predicted octanol–water partition coefficient (Wildman–Crippen LogP) is 1.17. The molecule has 1 atom stereocenters. The predicted molar refractivity (Wildman–Crippen MR) is 66.6 cm³/mol. The van der Waals surface area contributed by atoms with Crippen molar-refractivity contribution in [2.75, 3.05) is 13.1 Å². The lowest BCUT2D eigenvalue weighted by molar-refractivity contribution is 0.247. The number of rotatable bonds is 2. The molecule has 1 fully saturated rings. The molecular weight excluding hydrogens is 224 g/mol. The van der Waals surface area contributed by atoms with Gasteiger partial charge in [0.15, 0.2) is 0 Å². The lowest BCUT2D eigenvalue weighted by Gasteiger charge is -2.36. The van der Waals surface area contributed by atoms with Crippen molar-refractivity contribution in [3.63, 3.8) is 0 Å². The van der Waals surface area contributed by atoms with Gasteiger partial charge in [0, 0.05) is 19.1 Å². The Morgan fingerprint density at radius 2 is 1.69 bits per heavy atom. The second kappa shape index (κ2) is 4.63. The number of hydrogen-bond donors (Lipinski definition) is 1. The summed E-state index contributed by atoms with van der Waals surface area (Å²) in [5.74, 6) is 0.464. The average molecular weight is 248 g/mol. The molecule has 0 radical (unpaired) electrons. The van der Waals surface area contributed by atoms with Gasteiger partial charge >= 0.3 is 0 Å². The second-order valence-electron chi connectivity index (χ2n) is 5.71. The van der Waals surface area contributed by atoms with E-state index < -0.39 is 14.8 Å². The molecule has 0 spiro atoms.